The first kappa shape index (κ1) is 22.5. The maximum atomic E-state index is 12.6. The van der Waals surface area contributed by atoms with Crippen LogP contribution in [-0.2, 0) is 22.6 Å². The largest absolute Gasteiger partial charge is 0.393 e. The van der Waals surface area contributed by atoms with E-state index in [0.29, 0.717) is 24.4 Å². The van der Waals surface area contributed by atoms with Gasteiger partial charge in [0.05, 0.1) is 6.10 Å². The summed E-state index contributed by atoms with van der Waals surface area (Å²) in [6.07, 6.45) is 2.73. The zero-order chi connectivity index (χ0) is 22.3. The SMILES string of the molecule is O=C(NCc1ccc(CN2CCC(O)CC2)cc1)c1cccc(NC(=O)C2CCCO2)c1. The smallest absolute Gasteiger partial charge is 0.253 e. The molecule has 32 heavy (non-hydrogen) atoms. The Labute approximate surface area is 188 Å². The van der Waals surface area contributed by atoms with Crippen LogP contribution in [0.1, 0.15) is 47.2 Å². The van der Waals surface area contributed by atoms with E-state index in [9.17, 15) is 14.7 Å². The fraction of sp³-hybridized carbons (Fsp3) is 0.440. The molecule has 0 saturated carbocycles. The number of carbonyl (C=O) groups is 2. The Morgan fingerprint density at radius 3 is 2.50 bits per heavy atom. The molecule has 2 heterocycles. The fourth-order valence-electron chi connectivity index (χ4n) is 4.13. The molecule has 0 spiro atoms. The summed E-state index contributed by atoms with van der Waals surface area (Å²) < 4.78 is 5.40. The molecule has 1 atom stereocenters. The van der Waals surface area contributed by atoms with Gasteiger partial charge in [-0.05, 0) is 55.0 Å². The van der Waals surface area contributed by atoms with Gasteiger partial charge in [0, 0.05) is 44.0 Å². The molecule has 2 aliphatic heterocycles. The van der Waals surface area contributed by atoms with E-state index in [4.69, 9.17) is 4.74 Å². The van der Waals surface area contributed by atoms with Crippen LogP contribution in [0.5, 0.6) is 0 Å². The third kappa shape index (κ3) is 6.16. The van der Waals surface area contributed by atoms with Crippen LogP contribution in [0, 0.1) is 0 Å². The zero-order valence-electron chi connectivity index (χ0n) is 18.3. The molecule has 7 nitrogen and oxygen atoms in total. The minimum Gasteiger partial charge on any atom is -0.393 e. The van der Waals surface area contributed by atoms with Crippen molar-refractivity contribution in [2.75, 3.05) is 25.0 Å². The normalized spacial score (nSPS) is 19.6. The van der Waals surface area contributed by atoms with Gasteiger partial charge >= 0.3 is 0 Å². The number of likely N-dealkylation sites (tertiary alicyclic amines) is 1. The van der Waals surface area contributed by atoms with Crippen molar-refractivity contribution in [1.82, 2.24) is 10.2 Å². The predicted octanol–water partition coefficient (Wildman–Crippen LogP) is 2.69. The summed E-state index contributed by atoms with van der Waals surface area (Å²) in [4.78, 5) is 27.2. The highest BCUT2D eigenvalue weighted by Crippen LogP contribution is 2.17. The Balaban J connectivity index is 1.26. The van der Waals surface area contributed by atoms with E-state index in [1.807, 2.05) is 12.1 Å². The summed E-state index contributed by atoms with van der Waals surface area (Å²) in [6.45, 7) is 3.77. The lowest BCUT2D eigenvalue weighted by atomic mass is 10.1. The molecule has 2 saturated heterocycles. The zero-order valence-corrected chi connectivity index (χ0v) is 18.3. The van der Waals surface area contributed by atoms with Gasteiger partial charge in [0.2, 0.25) is 0 Å². The van der Waals surface area contributed by atoms with Gasteiger partial charge in [-0.3, -0.25) is 14.5 Å². The topological polar surface area (TPSA) is 90.9 Å². The first-order valence-electron chi connectivity index (χ1n) is 11.4. The molecule has 2 aliphatic rings. The molecule has 3 N–H and O–H groups in total. The Kier molecular flexibility index (Phi) is 7.52. The lowest BCUT2D eigenvalue weighted by Gasteiger charge is -2.29. The van der Waals surface area contributed by atoms with Crippen LogP contribution in [0.25, 0.3) is 0 Å². The molecule has 0 aromatic heterocycles. The van der Waals surface area contributed by atoms with Crippen LogP contribution < -0.4 is 10.6 Å². The van der Waals surface area contributed by atoms with Gasteiger partial charge in [-0.25, -0.2) is 0 Å². The van der Waals surface area contributed by atoms with Gasteiger partial charge < -0.3 is 20.5 Å². The average Bonchev–Trinajstić information content (AvgIpc) is 3.35. The van der Waals surface area contributed by atoms with Gasteiger partial charge in [0.1, 0.15) is 6.10 Å². The van der Waals surface area contributed by atoms with Crippen LogP contribution in [-0.4, -0.2) is 53.7 Å². The van der Waals surface area contributed by atoms with Gasteiger partial charge in [-0.2, -0.15) is 0 Å². The number of anilines is 1. The molecule has 0 bridgehead atoms. The van der Waals surface area contributed by atoms with Gasteiger partial charge in [-0.1, -0.05) is 30.3 Å². The van der Waals surface area contributed by atoms with Crippen LogP contribution in [0.4, 0.5) is 5.69 Å². The van der Waals surface area contributed by atoms with Crippen molar-refractivity contribution in [1.29, 1.82) is 0 Å². The van der Waals surface area contributed by atoms with Crippen molar-refractivity contribution >= 4 is 17.5 Å². The van der Waals surface area contributed by atoms with Gasteiger partial charge in [0.25, 0.3) is 11.8 Å². The van der Waals surface area contributed by atoms with Crippen LogP contribution in [0.2, 0.25) is 0 Å². The second kappa shape index (κ2) is 10.7. The number of nitrogens with one attached hydrogen (secondary N) is 2. The van der Waals surface area contributed by atoms with E-state index in [1.54, 1.807) is 24.3 Å². The number of aliphatic hydroxyl groups is 1. The Morgan fingerprint density at radius 2 is 1.78 bits per heavy atom. The molecular formula is C25H31N3O4. The molecule has 4 rings (SSSR count). The molecule has 2 aromatic carbocycles. The first-order valence-corrected chi connectivity index (χ1v) is 11.4. The van der Waals surface area contributed by atoms with Crippen molar-refractivity contribution in [3.05, 3.63) is 65.2 Å². The molecular weight excluding hydrogens is 406 g/mol. The maximum absolute atomic E-state index is 12.6. The Hall–Kier alpha value is -2.74. The Bertz CT molecular complexity index is 917. The quantitative estimate of drug-likeness (QED) is 0.620. The lowest BCUT2D eigenvalue weighted by Crippen LogP contribution is -2.35. The van der Waals surface area contributed by atoms with E-state index in [1.165, 1.54) is 5.56 Å². The maximum Gasteiger partial charge on any atom is 0.253 e. The van der Waals surface area contributed by atoms with Crippen LogP contribution in [0.15, 0.2) is 48.5 Å². The van der Waals surface area contributed by atoms with Gasteiger partial charge in [-0.15, -0.1) is 0 Å². The van der Waals surface area contributed by atoms with E-state index in [-0.39, 0.29) is 17.9 Å². The molecule has 0 aliphatic carbocycles. The van der Waals surface area contributed by atoms with E-state index in [0.717, 1.165) is 50.9 Å². The third-order valence-electron chi connectivity index (χ3n) is 6.05. The molecule has 2 amide bonds. The lowest BCUT2D eigenvalue weighted by molar-refractivity contribution is -0.124. The van der Waals surface area contributed by atoms with E-state index >= 15 is 0 Å². The number of nitrogens with zero attached hydrogens (tertiary/aromatic N) is 1. The summed E-state index contributed by atoms with van der Waals surface area (Å²) in [5.74, 6) is -0.352. The van der Waals surface area contributed by atoms with Crippen molar-refractivity contribution in [2.45, 2.75) is 51.0 Å². The second-order valence-corrected chi connectivity index (χ2v) is 8.58. The van der Waals surface area contributed by atoms with Crippen LogP contribution >= 0.6 is 0 Å². The summed E-state index contributed by atoms with van der Waals surface area (Å²) >= 11 is 0. The van der Waals surface area contributed by atoms with E-state index < -0.39 is 6.10 Å². The number of hydrogen-bond acceptors (Lipinski definition) is 5. The highest BCUT2D eigenvalue weighted by atomic mass is 16.5. The van der Waals surface area contributed by atoms with Crippen molar-refractivity contribution in [2.24, 2.45) is 0 Å². The summed E-state index contributed by atoms with van der Waals surface area (Å²) in [5, 5.41) is 15.4. The summed E-state index contributed by atoms with van der Waals surface area (Å²) in [5.41, 5.74) is 3.34. The van der Waals surface area contributed by atoms with E-state index in [2.05, 4.69) is 27.7 Å². The minimum atomic E-state index is -0.406. The molecule has 0 radical (unpaired) electrons. The molecule has 2 fully saturated rings. The monoisotopic (exact) mass is 437 g/mol. The molecule has 7 heteroatoms. The van der Waals surface area contributed by atoms with Crippen molar-refractivity contribution in [3.8, 4) is 0 Å². The molecule has 1 unspecified atom stereocenters. The number of aliphatic hydroxyl groups excluding tert-OH is 1. The second-order valence-electron chi connectivity index (χ2n) is 8.58. The number of amides is 2. The van der Waals surface area contributed by atoms with Crippen molar-refractivity contribution in [3.63, 3.8) is 0 Å². The first-order chi connectivity index (χ1) is 15.6. The molecule has 2 aromatic rings. The summed E-state index contributed by atoms with van der Waals surface area (Å²) in [7, 11) is 0. The highest BCUT2D eigenvalue weighted by Gasteiger charge is 2.23. The number of hydrogen-bond donors (Lipinski definition) is 3. The van der Waals surface area contributed by atoms with Gasteiger partial charge in [0.15, 0.2) is 0 Å². The minimum absolute atomic E-state index is 0.157. The number of rotatable bonds is 7. The highest BCUT2D eigenvalue weighted by molar-refractivity contribution is 5.98. The Morgan fingerprint density at radius 1 is 1.03 bits per heavy atom. The number of benzene rings is 2. The number of piperidine rings is 1. The standard InChI is InChI=1S/C25H31N3O4/c29-22-10-12-28(13-11-22)17-19-8-6-18(7-9-19)16-26-24(30)20-3-1-4-21(15-20)27-25(31)23-5-2-14-32-23/h1,3-4,6-9,15,22-23,29H,2,5,10-14,16-17H2,(H,26,30)(H,27,31). The predicted molar refractivity (Wildman–Crippen MR) is 122 cm³/mol. The average molecular weight is 438 g/mol. The third-order valence-corrected chi connectivity index (χ3v) is 6.05. The number of ether oxygens (including phenoxy) is 1. The summed E-state index contributed by atoms with van der Waals surface area (Å²) in [6, 6.07) is 15.2. The number of carbonyl (C=O) groups excluding carboxylic acids is 2. The van der Waals surface area contributed by atoms with Crippen molar-refractivity contribution < 1.29 is 19.4 Å². The van der Waals surface area contributed by atoms with Crippen LogP contribution in [0.3, 0.4) is 0 Å². The fourth-order valence-corrected chi connectivity index (χ4v) is 4.13. The molecule has 170 valence electrons.